The highest BCUT2D eigenvalue weighted by atomic mass is 19.4. The van der Waals surface area contributed by atoms with Crippen molar-refractivity contribution in [2.45, 2.75) is 37.6 Å². The van der Waals surface area contributed by atoms with Gasteiger partial charge in [0.1, 0.15) is 6.04 Å². The maximum atomic E-state index is 13.2. The van der Waals surface area contributed by atoms with E-state index >= 15 is 0 Å². The molecule has 1 aromatic carbocycles. The van der Waals surface area contributed by atoms with E-state index in [1.807, 2.05) is 31.2 Å². The van der Waals surface area contributed by atoms with Gasteiger partial charge in [0.05, 0.1) is 5.54 Å². The van der Waals surface area contributed by atoms with Gasteiger partial charge in [-0.25, -0.2) is 0 Å². The molecule has 1 aromatic rings. The molecule has 0 aliphatic carbocycles. The van der Waals surface area contributed by atoms with E-state index in [9.17, 15) is 13.2 Å². The average Bonchev–Trinajstić information content (AvgIpc) is 2.72. The number of piperazine rings is 1. The quantitative estimate of drug-likeness (QED) is 0.844. The summed E-state index contributed by atoms with van der Waals surface area (Å²) in [5.74, 6) is 0. The van der Waals surface area contributed by atoms with Crippen LogP contribution in [0.5, 0.6) is 0 Å². The smallest absolute Gasteiger partial charge is 0.313 e. The van der Waals surface area contributed by atoms with E-state index in [2.05, 4.69) is 5.32 Å². The van der Waals surface area contributed by atoms with Crippen LogP contribution in [0.4, 0.5) is 13.2 Å². The van der Waals surface area contributed by atoms with Crippen molar-refractivity contribution in [1.29, 1.82) is 0 Å². The summed E-state index contributed by atoms with van der Waals surface area (Å²) in [5, 5.41) is 2.98. The second-order valence-electron chi connectivity index (χ2n) is 5.36. The van der Waals surface area contributed by atoms with Crippen LogP contribution in [-0.4, -0.2) is 30.2 Å². The Morgan fingerprint density at radius 3 is 2.79 bits per heavy atom. The Labute approximate surface area is 110 Å². The molecule has 0 aromatic heterocycles. The molecule has 2 unspecified atom stereocenters. The predicted octanol–water partition coefficient (Wildman–Crippen LogP) is 2.64. The van der Waals surface area contributed by atoms with Gasteiger partial charge in [0.2, 0.25) is 0 Å². The number of rotatable bonds is 1. The summed E-state index contributed by atoms with van der Waals surface area (Å²) in [7, 11) is 0. The SMILES string of the molecule is CCC12CNCC(C(F)(F)F)N1Cc1ccccc12. The van der Waals surface area contributed by atoms with Gasteiger partial charge in [0.15, 0.2) is 0 Å². The third-order valence-corrected chi connectivity index (χ3v) is 4.50. The van der Waals surface area contributed by atoms with Gasteiger partial charge in [-0.2, -0.15) is 13.2 Å². The molecular formula is C14H17F3N2. The van der Waals surface area contributed by atoms with Crippen LogP contribution >= 0.6 is 0 Å². The van der Waals surface area contributed by atoms with Crippen LogP contribution in [0.3, 0.4) is 0 Å². The van der Waals surface area contributed by atoms with Crippen LogP contribution in [0.25, 0.3) is 0 Å². The molecule has 2 aliphatic heterocycles. The molecule has 0 spiro atoms. The van der Waals surface area contributed by atoms with Gasteiger partial charge in [0, 0.05) is 19.6 Å². The van der Waals surface area contributed by atoms with E-state index in [1.54, 1.807) is 4.90 Å². The lowest BCUT2D eigenvalue weighted by atomic mass is 9.84. The molecule has 19 heavy (non-hydrogen) atoms. The zero-order valence-corrected chi connectivity index (χ0v) is 10.8. The van der Waals surface area contributed by atoms with Crippen LogP contribution < -0.4 is 5.32 Å². The number of alkyl halides is 3. The average molecular weight is 270 g/mol. The van der Waals surface area contributed by atoms with E-state index in [1.165, 1.54) is 0 Å². The number of halogens is 3. The standard InChI is InChI=1S/C14H17F3N2/c1-2-13-9-18-7-12(14(15,16)17)19(13)8-10-5-3-4-6-11(10)13/h3-6,12,18H,2,7-9H2,1H3. The second-order valence-corrected chi connectivity index (χ2v) is 5.36. The Morgan fingerprint density at radius 1 is 1.37 bits per heavy atom. The first kappa shape index (κ1) is 12.9. The van der Waals surface area contributed by atoms with Gasteiger partial charge in [-0.3, -0.25) is 4.90 Å². The topological polar surface area (TPSA) is 15.3 Å². The summed E-state index contributed by atoms with van der Waals surface area (Å²) in [6.07, 6.45) is -3.50. The highest BCUT2D eigenvalue weighted by Crippen LogP contribution is 2.46. The lowest BCUT2D eigenvalue weighted by molar-refractivity contribution is -0.207. The molecule has 0 bridgehead atoms. The second kappa shape index (κ2) is 4.21. The number of hydrogen-bond donors (Lipinski definition) is 1. The fourth-order valence-corrected chi connectivity index (χ4v) is 3.54. The minimum atomic E-state index is -4.18. The normalized spacial score (nSPS) is 31.1. The van der Waals surface area contributed by atoms with Gasteiger partial charge in [0.25, 0.3) is 0 Å². The summed E-state index contributed by atoms with van der Waals surface area (Å²) in [4.78, 5) is 1.65. The highest BCUT2D eigenvalue weighted by Gasteiger charge is 2.56. The molecule has 1 fully saturated rings. The molecule has 0 saturated carbocycles. The van der Waals surface area contributed by atoms with Crippen LogP contribution in [0.1, 0.15) is 24.5 Å². The minimum absolute atomic E-state index is 0.0146. The van der Waals surface area contributed by atoms with Crippen molar-refractivity contribution in [3.8, 4) is 0 Å². The minimum Gasteiger partial charge on any atom is -0.313 e. The predicted molar refractivity (Wildman–Crippen MR) is 66.7 cm³/mol. The molecule has 2 aliphatic rings. The Kier molecular flexibility index (Phi) is 2.87. The third kappa shape index (κ3) is 1.79. The number of nitrogens with zero attached hydrogens (tertiary/aromatic N) is 1. The van der Waals surface area contributed by atoms with E-state index in [0.29, 0.717) is 19.5 Å². The first-order valence-electron chi connectivity index (χ1n) is 6.61. The maximum absolute atomic E-state index is 13.2. The summed E-state index contributed by atoms with van der Waals surface area (Å²) in [6.45, 7) is 2.94. The number of nitrogens with one attached hydrogen (secondary N) is 1. The van der Waals surface area contributed by atoms with Gasteiger partial charge < -0.3 is 5.32 Å². The first-order valence-corrected chi connectivity index (χ1v) is 6.61. The zero-order chi connectivity index (χ0) is 13.7. The Balaban J connectivity index is 2.07. The maximum Gasteiger partial charge on any atom is 0.405 e. The molecule has 2 heterocycles. The van der Waals surface area contributed by atoms with Crippen LogP contribution in [0.15, 0.2) is 24.3 Å². The van der Waals surface area contributed by atoms with Crippen molar-refractivity contribution in [1.82, 2.24) is 10.2 Å². The Bertz CT molecular complexity index is 486. The molecule has 5 heteroatoms. The fourth-order valence-electron chi connectivity index (χ4n) is 3.54. The van der Waals surface area contributed by atoms with Gasteiger partial charge in [-0.05, 0) is 17.5 Å². The monoisotopic (exact) mass is 270 g/mol. The molecule has 0 amide bonds. The van der Waals surface area contributed by atoms with Crippen molar-refractivity contribution in [2.24, 2.45) is 0 Å². The molecule has 3 rings (SSSR count). The summed E-state index contributed by atoms with van der Waals surface area (Å²) >= 11 is 0. The number of fused-ring (bicyclic) bond motifs is 3. The summed E-state index contributed by atoms with van der Waals surface area (Å²) < 4.78 is 39.7. The van der Waals surface area contributed by atoms with Crippen molar-refractivity contribution in [3.63, 3.8) is 0 Å². The van der Waals surface area contributed by atoms with Gasteiger partial charge in [-0.1, -0.05) is 31.2 Å². The summed E-state index contributed by atoms with van der Waals surface area (Å²) in [5.41, 5.74) is 1.58. The lowest BCUT2D eigenvalue weighted by Gasteiger charge is -2.48. The Morgan fingerprint density at radius 2 is 2.11 bits per heavy atom. The van der Waals surface area contributed by atoms with Gasteiger partial charge >= 0.3 is 6.18 Å². The third-order valence-electron chi connectivity index (χ3n) is 4.50. The number of benzene rings is 1. The van der Waals surface area contributed by atoms with Crippen molar-refractivity contribution >= 4 is 0 Å². The van der Waals surface area contributed by atoms with Gasteiger partial charge in [-0.15, -0.1) is 0 Å². The van der Waals surface area contributed by atoms with E-state index in [4.69, 9.17) is 0 Å². The van der Waals surface area contributed by atoms with Crippen LogP contribution in [-0.2, 0) is 12.1 Å². The van der Waals surface area contributed by atoms with Crippen molar-refractivity contribution in [2.75, 3.05) is 13.1 Å². The molecule has 2 atom stereocenters. The fraction of sp³-hybridized carbons (Fsp3) is 0.571. The molecule has 0 radical (unpaired) electrons. The molecule has 2 nitrogen and oxygen atoms in total. The number of hydrogen-bond acceptors (Lipinski definition) is 2. The largest absolute Gasteiger partial charge is 0.405 e. The van der Waals surface area contributed by atoms with Crippen molar-refractivity contribution in [3.05, 3.63) is 35.4 Å². The first-order chi connectivity index (χ1) is 8.99. The van der Waals surface area contributed by atoms with Crippen LogP contribution in [0, 0.1) is 0 Å². The van der Waals surface area contributed by atoms with Crippen molar-refractivity contribution < 1.29 is 13.2 Å². The molecule has 104 valence electrons. The Hall–Kier alpha value is -1.07. The molecule has 1 N–H and O–H groups in total. The lowest BCUT2D eigenvalue weighted by Crippen LogP contribution is -2.64. The molecule has 1 saturated heterocycles. The molecular weight excluding hydrogens is 253 g/mol. The van der Waals surface area contributed by atoms with E-state index < -0.39 is 17.8 Å². The van der Waals surface area contributed by atoms with Crippen LogP contribution in [0.2, 0.25) is 0 Å². The summed E-state index contributed by atoms with van der Waals surface area (Å²) in [6, 6.07) is 6.33. The van der Waals surface area contributed by atoms with E-state index in [0.717, 1.165) is 11.1 Å². The zero-order valence-electron chi connectivity index (χ0n) is 10.8. The van der Waals surface area contributed by atoms with E-state index in [-0.39, 0.29) is 6.54 Å². The highest BCUT2D eigenvalue weighted by molar-refractivity contribution is 5.40.